The Morgan fingerprint density at radius 3 is 2.21 bits per heavy atom. The van der Waals surface area contributed by atoms with Crippen LogP contribution in [0.15, 0.2) is 41.5 Å². The molecule has 1 N–H and O–H groups in total. The summed E-state index contributed by atoms with van der Waals surface area (Å²) in [4.78, 5) is 0. The molecule has 0 aliphatic heterocycles. The number of H-pyrrole nitrogens is 1. The number of aromatic amines is 1. The molecule has 28 heavy (non-hydrogen) atoms. The van der Waals surface area contributed by atoms with Crippen LogP contribution in [0.1, 0.15) is 5.56 Å². The van der Waals surface area contributed by atoms with E-state index in [4.69, 9.17) is 31.2 Å². The lowest BCUT2D eigenvalue weighted by Crippen LogP contribution is -1.99. The SMILES string of the molecule is COc1ccccc1C=Nn1c(-c2cc(OC)c(OC)c(OC)c2)n[nH]c1=S. The Balaban J connectivity index is 2.09. The second-order valence-electron chi connectivity index (χ2n) is 5.56. The first-order valence-corrected chi connectivity index (χ1v) is 8.69. The van der Waals surface area contributed by atoms with Gasteiger partial charge in [-0.1, -0.05) is 12.1 Å². The summed E-state index contributed by atoms with van der Waals surface area (Å²) >= 11 is 5.33. The van der Waals surface area contributed by atoms with E-state index in [1.807, 2.05) is 24.3 Å². The van der Waals surface area contributed by atoms with E-state index in [-0.39, 0.29) is 0 Å². The first-order valence-electron chi connectivity index (χ1n) is 8.28. The average Bonchev–Trinajstić information content (AvgIpc) is 3.11. The zero-order valence-corrected chi connectivity index (χ0v) is 16.7. The quantitative estimate of drug-likeness (QED) is 0.483. The van der Waals surface area contributed by atoms with Gasteiger partial charge in [-0.25, -0.2) is 5.10 Å². The minimum absolute atomic E-state index is 0.342. The first kappa shape index (κ1) is 19.4. The molecule has 3 aromatic rings. The average molecular weight is 400 g/mol. The van der Waals surface area contributed by atoms with Crippen molar-refractivity contribution in [2.24, 2.45) is 5.10 Å². The van der Waals surface area contributed by atoms with Crippen LogP contribution in [0.2, 0.25) is 0 Å². The Morgan fingerprint density at radius 1 is 0.964 bits per heavy atom. The maximum Gasteiger partial charge on any atom is 0.216 e. The molecule has 0 unspecified atom stereocenters. The molecule has 0 fully saturated rings. The van der Waals surface area contributed by atoms with Crippen molar-refractivity contribution in [2.75, 3.05) is 28.4 Å². The lowest BCUT2D eigenvalue weighted by atomic mass is 10.1. The molecule has 9 heteroatoms. The van der Waals surface area contributed by atoms with Gasteiger partial charge < -0.3 is 18.9 Å². The van der Waals surface area contributed by atoms with Gasteiger partial charge in [0.15, 0.2) is 17.3 Å². The van der Waals surface area contributed by atoms with Crippen molar-refractivity contribution in [2.45, 2.75) is 0 Å². The van der Waals surface area contributed by atoms with Gasteiger partial charge in [0.25, 0.3) is 0 Å². The van der Waals surface area contributed by atoms with Gasteiger partial charge in [-0.2, -0.15) is 14.9 Å². The highest BCUT2D eigenvalue weighted by atomic mass is 32.1. The summed E-state index contributed by atoms with van der Waals surface area (Å²) in [5, 5.41) is 11.5. The zero-order valence-electron chi connectivity index (χ0n) is 15.9. The van der Waals surface area contributed by atoms with Gasteiger partial charge in [-0.15, -0.1) is 0 Å². The number of para-hydroxylation sites is 1. The summed E-state index contributed by atoms with van der Waals surface area (Å²) in [6.45, 7) is 0. The molecule has 2 aromatic carbocycles. The number of nitrogens with zero attached hydrogens (tertiary/aromatic N) is 3. The molecule has 0 amide bonds. The predicted molar refractivity (Wildman–Crippen MR) is 108 cm³/mol. The number of nitrogens with one attached hydrogen (secondary N) is 1. The van der Waals surface area contributed by atoms with Gasteiger partial charge in [0, 0.05) is 11.1 Å². The summed E-state index contributed by atoms with van der Waals surface area (Å²) in [5.74, 6) is 2.70. The monoisotopic (exact) mass is 400 g/mol. The Hall–Kier alpha value is -3.33. The highest BCUT2D eigenvalue weighted by Crippen LogP contribution is 2.40. The number of rotatable bonds is 7. The van der Waals surface area contributed by atoms with Gasteiger partial charge >= 0.3 is 0 Å². The van der Waals surface area contributed by atoms with E-state index in [1.54, 1.807) is 46.8 Å². The van der Waals surface area contributed by atoms with E-state index in [2.05, 4.69) is 15.3 Å². The molecule has 0 atom stereocenters. The number of ether oxygens (including phenoxy) is 4. The summed E-state index contributed by atoms with van der Waals surface area (Å²) < 4.78 is 23.4. The summed E-state index contributed by atoms with van der Waals surface area (Å²) in [6.07, 6.45) is 1.66. The molecule has 0 radical (unpaired) electrons. The molecular weight excluding hydrogens is 380 g/mol. The number of aromatic nitrogens is 3. The lowest BCUT2D eigenvalue weighted by molar-refractivity contribution is 0.324. The standard InChI is InChI=1S/C19H20N4O4S/c1-24-14-8-6-5-7-12(14)11-20-23-18(21-22-19(23)28)13-9-15(25-2)17(27-4)16(10-13)26-3/h5-11H,1-4H3,(H,22,28). The van der Waals surface area contributed by atoms with Crippen LogP contribution in [0.3, 0.4) is 0 Å². The Bertz CT molecular complexity index is 1030. The fourth-order valence-corrected chi connectivity index (χ4v) is 2.87. The van der Waals surface area contributed by atoms with Crippen LogP contribution in [0.25, 0.3) is 11.4 Å². The van der Waals surface area contributed by atoms with Crippen LogP contribution < -0.4 is 18.9 Å². The molecule has 0 bridgehead atoms. The molecule has 3 rings (SSSR count). The van der Waals surface area contributed by atoms with Crippen LogP contribution in [0.5, 0.6) is 23.0 Å². The normalized spacial score (nSPS) is 10.9. The van der Waals surface area contributed by atoms with Crippen molar-refractivity contribution >= 4 is 18.4 Å². The van der Waals surface area contributed by atoms with Crippen molar-refractivity contribution in [3.05, 3.63) is 46.7 Å². The highest BCUT2D eigenvalue weighted by Gasteiger charge is 2.17. The van der Waals surface area contributed by atoms with Gasteiger partial charge in [-0.3, -0.25) is 0 Å². The smallest absolute Gasteiger partial charge is 0.216 e. The van der Waals surface area contributed by atoms with Gasteiger partial charge in [0.05, 0.1) is 34.7 Å². The predicted octanol–water partition coefficient (Wildman–Crippen LogP) is 3.52. The molecule has 1 aromatic heterocycles. The van der Waals surface area contributed by atoms with E-state index in [1.165, 1.54) is 4.68 Å². The first-order chi connectivity index (χ1) is 13.6. The Morgan fingerprint density at radius 2 is 1.61 bits per heavy atom. The topological polar surface area (TPSA) is 82.9 Å². The molecule has 0 aliphatic rings. The molecular formula is C19H20N4O4S. The number of hydrogen-bond donors (Lipinski definition) is 1. The van der Waals surface area contributed by atoms with E-state index in [9.17, 15) is 0 Å². The molecule has 0 aliphatic carbocycles. The van der Waals surface area contributed by atoms with E-state index in [0.717, 1.165) is 5.56 Å². The molecule has 0 saturated carbocycles. The van der Waals surface area contributed by atoms with Crippen molar-refractivity contribution in [1.82, 2.24) is 14.9 Å². The molecule has 1 heterocycles. The third kappa shape index (κ3) is 3.70. The Kier molecular flexibility index (Phi) is 5.95. The van der Waals surface area contributed by atoms with Crippen molar-refractivity contribution in [1.29, 1.82) is 0 Å². The lowest BCUT2D eigenvalue weighted by Gasteiger charge is -2.13. The summed E-state index contributed by atoms with van der Waals surface area (Å²) in [7, 11) is 6.27. The van der Waals surface area contributed by atoms with Crippen molar-refractivity contribution in [3.63, 3.8) is 0 Å². The van der Waals surface area contributed by atoms with Crippen LogP contribution in [0.4, 0.5) is 0 Å². The fraction of sp³-hybridized carbons (Fsp3) is 0.211. The van der Waals surface area contributed by atoms with E-state index >= 15 is 0 Å². The largest absolute Gasteiger partial charge is 0.496 e. The second kappa shape index (κ2) is 8.57. The summed E-state index contributed by atoms with van der Waals surface area (Å²) in [5.41, 5.74) is 1.50. The maximum atomic E-state index is 5.41. The van der Waals surface area contributed by atoms with Crippen molar-refractivity contribution < 1.29 is 18.9 Å². The fourth-order valence-electron chi connectivity index (χ4n) is 2.69. The number of methoxy groups -OCH3 is 4. The molecule has 8 nitrogen and oxygen atoms in total. The second-order valence-corrected chi connectivity index (χ2v) is 5.95. The highest BCUT2D eigenvalue weighted by molar-refractivity contribution is 7.71. The third-order valence-electron chi connectivity index (χ3n) is 4.02. The van der Waals surface area contributed by atoms with E-state index < -0.39 is 0 Å². The minimum atomic E-state index is 0.342. The van der Waals surface area contributed by atoms with Crippen LogP contribution >= 0.6 is 12.2 Å². The van der Waals surface area contributed by atoms with E-state index in [0.29, 0.717) is 39.2 Å². The van der Waals surface area contributed by atoms with Gasteiger partial charge in [0.2, 0.25) is 10.5 Å². The number of hydrogen-bond acceptors (Lipinski definition) is 7. The van der Waals surface area contributed by atoms with Crippen molar-refractivity contribution in [3.8, 4) is 34.4 Å². The maximum absolute atomic E-state index is 5.41. The summed E-state index contributed by atoms with van der Waals surface area (Å²) in [6, 6.07) is 11.1. The minimum Gasteiger partial charge on any atom is -0.496 e. The Labute approximate surface area is 167 Å². The molecule has 146 valence electrons. The van der Waals surface area contributed by atoms with Crippen LogP contribution in [-0.2, 0) is 0 Å². The van der Waals surface area contributed by atoms with Crippen LogP contribution in [-0.4, -0.2) is 49.5 Å². The van der Waals surface area contributed by atoms with Crippen LogP contribution in [0, 0.1) is 4.77 Å². The van der Waals surface area contributed by atoms with Gasteiger partial charge in [0.1, 0.15) is 5.75 Å². The molecule has 0 saturated heterocycles. The molecule has 0 spiro atoms. The van der Waals surface area contributed by atoms with Gasteiger partial charge in [-0.05, 0) is 36.5 Å². The number of benzene rings is 2. The zero-order chi connectivity index (χ0) is 20.1. The third-order valence-corrected chi connectivity index (χ3v) is 4.29.